The third kappa shape index (κ3) is 5.68. The number of aliphatic carboxylic acids is 1. The minimum absolute atomic E-state index is 0.170. The number of nitrogens with zero attached hydrogens (tertiary/aromatic N) is 2. The number of carboxylic acids is 1. The van der Waals surface area contributed by atoms with Crippen LogP contribution in [0.1, 0.15) is 10.4 Å². The minimum Gasteiger partial charge on any atom is -0.496 e. The van der Waals surface area contributed by atoms with Gasteiger partial charge >= 0.3 is 5.97 Å². The van der Waals surface area contributed by atoms with E-state index in [4.69, 9.17) is 19.3 Å². The smallest absolute Gasteiger partial charge is 0.341 e. The van der Waals surface area contributed by atoms with Gasteiger partial charge in [0.1, 0.15) is 12.4 Å². The third-order valence-corrected chi connectivity index (χ3v) is 6.10. The Bertz CT molecular complexity index is 1200. The number of rotatable bonds is 9. The number of hydrogen-bond donors (Lipinski definition) is 1. The number of fused-ring (bicyclic) bond motifs is 1. The molecule has 1 amide bonds. The Balaban J connectivity index is 1.60. The van der Waals surface area contributed by atoms with Crippen molar-refractivity contribution in [3.05, 3.63) is 76.8 Å². The zero-order valence-corrected chi connectivity index (χ0v) is 20.7. The fourth-order valence-electron chi connectivity index (χ4n) is 3.92. The van der Waals surface area contributed by atoms with Gasteiger partial charge in [-0.3, -0.25) is 4.79 Å². The van der Waals surface area contributed by atoms with E-state index in [1.165, 1.54) is 0 Å². The van der Waals surface area contributed by atoms with Crippen molar-refractivity contribution >= 4 is 39.2 Å². The lowest BCUT2D eigenvalue weighted by atomic mass is 10.1. The molecule has 0 unspecified atom stereocenters. The molecule has 35 heavy (non-hydrogen) atoms. The van der Waals surface area contributed by atoms with Crippen LogP contribution < -0.4 is 24.0 Å². The highest BCUT2D eigenvalue weighted by Crippen LogP contribution is 2.40. The van der Waals surface area contributed by atoms with E-state index in [1.807, 2.05) is 42.5 Å². The predicted molar refractivity (Wildman–Crippen MR) is 136 cm³/mol. The summed E-state index contributed by atoms with van der Waals surface area (Å²) in [4.78, 5) is 28.4. The van der Waals surface area contributed by atoms with Gasteiger partial charge in [-0.15, -0.1) is 0 Å². The summed E-state index contributed by atoms with van der Waals surface area (Å²) in [6.07, 6.45) is 0. The number of methoxy groups -OCH3 is 1. The van der Waals surface area contributed by atoms with Crippen LogP contribution in [-0.4, -0.2) is 56.9 Å². The normalized spacial score (nSPS) is 12.3. The zero-order valence-electron chi connectivity index (χ0n) is 19.1. The van der Waals surface area contributed by atoms with Crippen LogP contribution in [0.3, 0.4) is 0 Å². The standard InChI is InChI=1S/C26H25BrN2O6/c1-33-22-7-3-2-5-20(22)26(32)29(19-11-9-18(27)10-12-19)14-13-28-15-16-34-25-21(28)6-4-8-23(25)35-17-24(30)31/h2-12H,13-17H2,1H3,(H,30,31). The monoisotopic (exact) mass is 540 g/mol. The van der Waals surface area contributed by atoms with Crippen molar-refractivity contribution in [2.24, 2.45) is 0 Å². The topological polar surface area (TPSA) is 88.5 Å². The van der Waals surface area contributed by atoms with Gasteiger partial charge < -0.3 is 29.1 Å². The third-order valence-electron chi connectivity index (χ3n) is 5.57. The molecule has 1 aliphatic rings. The SMILES string of the molecule is COc1ccccc1C(=O)N(CCN1CCOc2c(OCC(=O)O)cccc21)c1ccc(Br)cc1. The van der Waals surface area contributed by atoms with Crippen LogP contribution in [-0.2, 0) is 4.79 Å². The largest absolute Gasteiger partial charge is 0.496 e. The van der Waals surface area contributed by atoms with Gasteiger partial charge in [-0.25, -0.2) is 4.79 Å². The Morgan fingerprint density at radius 2 is 1.80 bits per heavy atom. The number of halogens is 1. The molecule has 0 bridgehead atoms. The Morgan fingerprint density at radius 3 is 2.54 bits per heavy atom. The number of amides is 1. The van der Waals surface area contributed by atoms with Crippen molar-refractivity contribution in [3.63, 3.8) is 0 Å². The summed E-state index contributed by atoms with van der Waals surface area (Å²) in [6, 6.07) is 20.1. The molecule has 0 radical (unpaired) electrons. The van der Waals surface area contributed by atoms with Gasteiger partial charge in [-0.1, -0.05) is 34.1 Å². The fraction of sp³-hybridized carbons (Fsp3) is 0.231. The van der Waals surface area contributed by atoms with E-state index < -0.39 is 12.6 Å². The van der Waals surface area contributed by atoms with Crippen molar-refractivity contribution in [2.45, 2.75) is 0 Å². The number of carboxylic acid groups (broad SMARTS) is 1. The maximum absolute atomic E-state index is 13.6. The van der Waals surface area contributed by atoms with Gasteiger partial charge in [0.2, 0.25) is 0 Å². The number of anilines is 2. The van der Waals surface area contributed by atoms with Gasteiger partial charge in [0.05, 0.1) is 24.9 Å². The average molecular weight is 541 g/mol. The van der Waals surface area contributed by atoms with Crippen molar-refractivity contribution in [1.29, 1.82) is 0 Å². The Labute approximate surface area is 211 Å². The van der Waals surface area contributed by atoms with Gasteiger partial charge in [-0.05, 0) is 48.5 Å². The number of ether oxygens (including phenoxy) is 3. The summed E-state index contributed by atoms with van der Waals surface area (Å²) < 4.78 is 17.6. The first-order valence-corrected chi connectivity index (χ1v) is 11.8. The Kier molecular flexibility index (Phi) is 7.77. The molecule has 1 aliphatic heterocycles. The maximum atomic E-state index is 13.6. The molecule has 9 heteroatoms. The minimum atomic E-state index is -1.06. The van der Waals surface area contributed by atoms with Crippen LogP contribution >= 0.6 is 15.9 Å². The molecule has 0 saturated carbocycles. The van der Waals surface area contributed by atoms with E-state index >= 15 is 0 Å². The van der Waals surface area contributed by atoms with Gasteiger partial charge in [0, 0.05) is 23.2 Å². The molecular weight excluding hydrogens is 516 g/mol. The molecule has 182 valence electrons. The van der Waals surface area contributed by atoms with Crippen LogP contribution in [0.5, 0.6) is 17.2 Å². The molecular formula is C26H25BrN2O6. The highest BCUT2D eigenvalue weighted by Gasteiger charge is 2.25. The molecule has 0 spiro atoms. The number of hydrogen-bond acceptors (Lipinski definition) is 6. The highest BCUT2D eigenvalue weighted by atomic mass is 79.9. The second-order valence-corrected chi connectivity index (χ2v) is 8.67. The molecule has 0 aromatic heterocycles. The second kappa shape index (κ2) is 11.1. The first-order valence-electron chi connectivity index (χ1n) is 11.0. The molecule has 3 aromatic carbocycles. The molecule has 1 heterocycles. The van der Waals surface area contributed by atoms with E-state index in [9.17, 15) is 9.59 Å². The molecule has 0 saturated heterocycles. The predicted octanol–water partition coefficient (Wildman–Crippen LogP) is 4.47. The van der Waals surface area contributed by atoms with E-state index in [2.05, 4.69) is 20.8 Å². The van der Waals surface area contributed by atoms with Crippen LogP contribution in [0.4, 0.5) is 11.4 Å². The number of carbonyl (C=O) groups excluding carboxylic acids is 1. The Hall–Kier alpha value is -3.72. The fourth-order valence-corrected chi connectivity index (χ4v) is 4.18. The van der Waals surface area contributed by atoms with Crippen molar-refractivity contribution in [1.82, 2.24) is 0 Å². The molecule has 1 N–H and O–H groups in total. The molecule has 0 aliphatic carbocycles. The lowest BCUT2D eigenvalue weighted by Gasteiger charge is -2.34. The summed E-state index contributed by atoms with van der Waals surface area (Å²) >= 11 is 3.45. The summed E-state index contributed by atoms with van der Waals surface area (Å²) in [5.74, 6) is 0.166. The second-order valence-electron chi connectivity index (χ2n) is 7.76. The lowest BCUT2D eigenvalue weighted by Crippen LogP contribution is -2.42. The summed E-state index contributed by atoms with van der Waals surface area (Å²) in [6.45, 7) is 1.50. The van der Waals surface area contributed by atoms with E-state index in [-0.39, 0.29) is 5.91 Å². The molecule has 0 fully saturated rings. The quantitative estimate of drug-likeness (QED) is 0.428. The van der Waals surface area contributed by atoms with Crippen LogP contribution in [0.2, 0.25) is 0 Å². The number of para-hydroxylation sites is 2. The Morgan fingerprint density at radius 1 is 1.06 bits per heavy atom. The molecule has 3 aromatic rings. The van der Waals surface area contributed by atoms with Crippen LogP contribution in [0.15, 0.2) is 71.2 Å². The lowest BCUT2D eigenvalue weighted by molar-refractivity contribution is -0.139. The summed E-state index contributed by atoms with van der Waals surface area (Å²) in [7, 11) is 1.55. The van der Waals surface area contributed by atoms with Gasteiger partial charge in [0.15, 0.2) is 18.1 Å². The van der Waals surface area contributed by atoms with Gasteiger partial charge in [0.25, 0.3) is 5.91 Å². The van der Waals surface area contributed by atoms with Crippen LogP contribution in [0.25, 0.3) is 0 Å². The summed E-state index contributed by atoms with van der Waals surface area (Å²) in [5, 5.41) is 8.96. The van der Waals surface area contributed by atoms with Crippen molar-refractivity contribution < 1.29 is 28.9 Å². The van der Waals surface area contributed by atoms with Crippen LogP contribution in [0, 0.1) is 0 Å². The number of benzene rings is 3. The van der Waals surface area contributed by atoms with E-state index in [0.717, 1.165) is 15.8 Å². The van der Waals surface area contributed by atoms with E-state index in [1.54, 1.807) is 36.3 Å². The highest BCUT2D eigenvalue weighted by molar-refractivity contribution is 9.10. The first-order chi connectivity index (χ1) is 17.0. The van der Waals surface area contributed by atoms with Gasteiger partial charge in [-0.2, -0.15) is 0 Å². The van der Waals surface area contributed by atoms with Crippen molar-refractivity contribution in [2.75, 3.05) is 49.8 Å². The average Bonchev–Trinajstić information content (AvgIpc) is 2.88. The van der Waals surface area contributed by atoms with E-state index in [0.29, 0.717) is 49.1 Å². The summed E-state index contributed by atoms with van der Waals surface area (Å²) in [5.41, 5.74) is 2.03. The molecule has 0 atom stereocenters. The number of carbonyl (C=O) groups is 2. The zero-order chi connectivity index (χ0) is 24.8. The molecule has 4 rings (SSSR count). The maximum Gasteiger partial charge on any atom is 0.341 e. The first kappa shape index (κ1) is 24.4. The van der Waals surface area contributed by atoms with Crippen molar-refractivity contribution in [3.8, 4) is 17.2 Å². The molecule has 8 nitrogen and oxygen atoms in total.